The minimum atomic E-state index is -1.01. The summed E-state index contributed by atoms with van der Waals surface area (Å²) in [7, 11) is 0. The van der Waals surface area contributed by atoms with E-state index < -0.39 is 29.6 Å². The van der Waals surface area contributed by atoms with E-state index in [1.807, 2.05) is 13.8 Å². The molecule has 0 rings (SSSR count). The molecule has 2 atom stereocenters. The Morgan fingerprint density at radius 3 is 2.18 bits per heavy atom. The highest BCUT2D eigenvalue weighted by molar-refractivity contribution is 8.01. The molecule has 0 fully saturated rings. The molecule has 22 heavy (non-hydrogen) atoms. The van der Waals surface area contributed by atoms with Crippen molar-refractivity contribution in [2.45, 2.75) is 63.7 Å². The van der Waals surface area contributed by atoms with Gasteiger partial charge in [0.25, 0.3) is 0 Å². The number of hydrogen-bond donors (Lipinski definition) is 2. The highest BCUT2D eigenvalue weighted by Gasteiger charge is 2.23. The highest BCUT2D eigenvalue weighted by atomic mass is 32.2. The third kappa shape index (κ3) is 8.76. The number of carboxylic acids is 1. The molecule has 0 bridgehead atoms. The van der Waals surface area contributed by atoms with Crippen molar-refractivity contribution >= 4 is 29.8 Å². The topological polar surface area (TPSA) is 102 Å². The van der Waals surface area contributed by atoms with Crippen LogP contribution in [0.4, 0.5) is 4.79 Å². The Hall–Kier alpha value is -1.44. The first kappa shape index (κ1) is 20.6. The number of aliphatic carboxylic acids is 1. The number of rotatable bonds is 10. The number of ether oxygens (including phenoxy) is 2. The van der Waals surface area contributed by atoms with Crippen LogP contribution in [-0.4, -0.2) is 46.5 Å². The average Bonchev–Trinajstić information content (AvgIpc) is 2.46. The lowest BCUT2D eigenvalue weighted by Crippen LogP contribution is -2.38. The molecule has 0 aliphatic rings. The van der Waals surface area contributed by atoms with Gasteiger partial charge in [0.05, 0.1) is 0 Å². The lowest BCUT2D eigenvalue weighted by molar-refractivity contribution is -0.164. The van der Waals surface area contributed by atoms with Gasteiger partial charge in [-0.05, 0) is 12.8 Å². The first-order valence-electron chi connectivity index (χ1n) is 7.36. The number of carbonyl (C=O) groups is 3. The van der Waals surface area contributed by atoms with Gasteiger partial charge >= 0.3 is 18.0 Å². The van der Waals surface area contributed by atoms with Crippen LogP contribution in [-0.2, 0) is 19.1 Å². The van der Waals surface area contributed by atoms with E-state index in [9.17, 15) is 19.5 Å². The number of amides is 1. The number of thioether (sulfide) groups is 1. The summed E-state index contributed by atoms with van der Waals surface area (Å²) >= 11 is 1.32. The van der Waals surface area contributed by atoms with Crippen LogP contribution < -0.4 is 5.32 Å². The van der Waals surface area contributed by atoms with Crippen LogP contribution in [0.25, 0.3) is 0 Å². The summed E-state index contributed by atoms with van der Waals surface area (Å²) in [4.78, 5) is 33.8. The van der Waals surface area contributed by atoms with E-state index in [-0.39, 0.29) is 18.2 Å². The molecule has 0 aromatic carbocycles. The van der Waals surface area contributed by atoms with Gasteiger partial charge in [-0.2, -0.15) is 0 Å². The van der Waals surface area contributed by atoms with E-state index in [1.165, 1.54) is 18.7 Å². The Balaban J connectivity index is 4.27. The molecular formula is C14H25NO6S. The summed E-state index contributed by atoms with van der Waals surface area (Å²) < 4.78 is 9.60. The standard InChI is InChI=1S/C14H25NO6S/c1-5-10(6-2)22-11(13(17)18)8-15-14(19)21-9(4)20-12(16)7-3/h9-11H,5-8H2,1-4H3,(H,15,19)(H,17,18)/t9-,11-/m0/s1. The molecule has 0 aromatic heterocycles. The lowest BCUT2D eigenvalue weighted by Gasteiger charge is -2.19. The Labute approximate surface area is 135 Å². The molecule has 2 N–H and O–H groups in total. The van der Waals surface area contributed by atoms with Crippen molar-refractivity contribution in [3.8, 4) is 0 Å². The van der Waals surface area contributed by atoms with Gasteiger partial charge in [-0.15, -0.1) is 11.8 Å². The van der Waals surface area contributed by atoms with Crippen LogP contribution in [0.5, 0.6) is 0 Å². The van der Waals surface area contributed by atoms with Crippen molar-refractivity contribution in [2.24, 2.45) is 0 Å². The zero-order chi connectivity index (χ0) is 17.1. The summed E-state index contributed by atoms with van der Waals surface area (Å²) in [6.45, 7) is 6.98. The number of carboxylic acid groups (broad SMARTS) is 1. The zero-order valence-electron chi connectivity index (χ0n) is 13.5. The predicted molar refractivity (Wildman–Crippen MR) is 83.7 cm³/mol. The van der Waals surface area contributed by atoms with Crippen molar-refractivity contribution in [1.29, 1.82) is 0 Å². The summed E-state index contributed by atoms with van der Waals surface area (Å²) in [6.07, 6.45) is 0.0802. The molecule has 0 unspecified atom stereocenters. The van der Waals surface area contributed by atoms with Crippen molar-refractivity contribution in [1.82, 2.24) is 5.32 Å². The molecule has 7 nitrogen and oxygen atoms in total. The second kappa shape index (κ2) is 11.2. The Bertz CT molecular complexity index is 372. The summed E-state index contributed by atoms with van der Waals surface area (Å²) in [5.74, 6) is -1.46. The number of hydrogen-bond acceptors (Lipinski definition) is 6. The zero-order valence-corrected chi connectivity index (χ0v) is 14.3. The molecule has 0 aliphatic carbocycles. The van der Waals surface area contributed by atoms with E-state index in [0.29, 0.717) is 0 Å². The normalized spacial score (nSPS) is 13.3. The molecular weight excluding hydrogens is 310 g/mol. The van der Waals surface area contributed by atoms with E-state index in [1.54, 1.807) is 6.92 Å². The quantitative estimate of drug-likeness (QED) is 0.467. The van der Waals surface area contributed by atoms with Gasteiger partial charge in [0.2, 0.25) is 6.29 Å². The molecule has 0 radical (unpaired) electrons. The first-order chi connectivity index (χ1) is 10.3. The Kier molecular flexibility index (Phi) is 10.4. The van der Waals surface area contributed by atoms with Crippen molar-refractivity contribution in [3.63, 3.8) is 0 Å². The average molecular weight is 335 g/mol. The second-order valence-electron chi connectivity index (χ2n) is 4.60. The molecule has 0 heterocycles. The van der Waals surface area contributed by atoms with E-state index >= 15 is 0 Å². The molecule has 0 spiro atoms. The van der Waals surface area contributed by atoms with E-state index in [4.69, 9.17) is 9.47 Å². The fourth-order valence-electron chi connectivity index (χ4n) is 1.57. The van der Waals surface area contributed by atoms with Gasteiger partial charge in [-0.25, -0.2) is 4.79 Å². The fraction of sp³-hybridized carbons (Fsp3) is 0.786. The highest BCUT2D eigenvalue weighted by Crippen LogP contribution is 2.23. The van der Waals surface area contributed by atoms with Crippen LogP contribution >= 0.6 is 11.8 Å². The molecule has 1 amide bonds. The number of nitrogens with one attached hydrogen (secondary N) is 1. The minimum Gasteiger partial charge on any atom is -0.480 e. The smallest absolute Gasteiger partial charge is 0.410 e. The monoisotopic (exact) mass is 335 g/mol. The van der Waals surface area contributed by atoms with Gasteiger partial charge in [0.1, 0.15) is 5.25 Å². The number of alkyl carbamates (subject to hydrolysis) is 1. The van der Waals surface area contributed by atoms with Gasteiger partial charge in [0.15, 0.2) is 0 Å². The van der Waals surface area contributed by atoms with Crippen LogP contribution in [0.1, 0.15) is 47.0 Å². The van der Waals surface area contributed by atoms with Gasteiger partial charge in [-0.3, -0.25) is 9.59 Å². The maximum absolute atomic E-state index is 11.5. The largest absolute Gasteiger partial charge is 0.480 e. The van der Waals surface area contributed by atoms with Gasteiger partial charge < -0.3 is 19.9 Å². The Morgan fingerprint density at radius 1 is 1.14 bits per heavy atom. The number of esters is 1. The maximum atomic E-state index is 11.5. The van der Waals surface area contributed by atoms with E-state index in [0.717, 1.165) is 12.8 Å². The predicted octanol–water partition coefficient (Wildman–Crippen LogP) is 2.39. The van der Waals surface area contributed by atoms with Crippen molar-refractivity contribution < 1.29 is 29.0 Å². The van der Waals surface area contributed by atoms with E-state index in [2.05, 4.69) is 5.32 Å². The van der Waals surface area contributed by atoms with Crippen molar-refractivity contribution in [3.05, 3.63) is 0 Å². The molecule has 0 aliphatic heterocycles. The maximum Gasteiger partial charge on any atom is 0.410 e. The molecule has 0 aromatic rings. The third-order valence-corrected chi connectivity index (χ3v) is 4.58. The van der Waals surface area contributed by atoms with Gasteiger partial charge in [-0.1, -0.05) is 20.8 Å². The summed E-state index contributed by atoms with van der Waals surface area (Å²) in [5.41, 5.74) is 0. The third-order valence-electron chi connectivity index (χ3n) is 2.83. The molecule has 0 saturated heterocycles. The fourth-order valence-corrected chi connectivity index (χ4v) is 2.71. The van der Waals surface area contributed by atoms with Gasteiger partial charge in [0, 0.05) is 25.1 Å². The van der Waals surface area contributed by atoms with Crippen LogP contribution in [0, 0.1) is 0 Å². The summed E-state index contributed by atoms with van der Waals surface area (Å²) in [5, 5.41) is 11.0. The minimum absolute atomic E-state index is 0.0518. The first-order valence-corrected chi connectivity index (χ1v) is 8.30. The SMILES string of the molecule is CCC(=O)O[C@H](C)OC(=O)NC[C@H](SC(CC)CC)C(=O)O. The molecule has 0 saturated carbocycles. The number of carbonyl (C=O) groups excluding carboxylic acids is 2. The Morgan fingerprint density at radius 2 is 1.73 bits per heavy atom. The van der Waals surface area contributed by atoms with Crippen LogP contribution in [0.3, 0.4) is 0 Å². The second-order valence-corrected chi connectivity index (χ2v) is 6.11. The van der Waals surface area contributed by atoms with Crippen LogP contribution in [0.15, 0.2) is 0 Å². The lowest BCUT2D eigenvalue weighted by atomic mass is 10.3. The molecule has 128 valence electrons. The molecule has 8 heteroatoms. The van der Waals surface area contributed by atoms with Crippen molar-refractivity contribution in [2.75, 3.05) is 6.54 Å². The van der Waals surface area contributed by atoms with Crippen LogP contribution in [0.2, 0.25) is 0 Å². The summed E-state index contributed by atoms with van der Waals surface area (Å²) in [6, 6.07) is 0.